The van der Waals surface area contributed by atoms with Gasteiger partial charge in [0, 0.05) is 30.9 Å². The highest BCUT2D eigenvalue weighted by Gasteiger charge is 2.41. The minimum atomic E-state index is -0.298. The largest absolute Gasteiger partial charge is 0.471 e. The molecule has 2 aliphatic rings. The number of likely N-dealkylation sites (tertiary alicyclic amines) is 1. The van der Waals surface area contributed by atoms with Crippen LogP contribution in [-0.4, -0.2) is 47.4 Å². The highest BCUT2D eigenvalue weighted by molar-refractivity contribution is 6.30. The average molecular weight is 386 g/mol. The van der Waals surface area contributed by atoms with E-state index >= 15 is 0 Å². The van der Waals surface area contributed by atoms with Crippen LogP contribution >= 0.6 is 11.6 Å². The van der Waals surface area contributed by atoms with Gasteiger partial charge in [-0.25, -0.2) is 4.98 Å². The van der Waals surface area contributed by atoms with Gasteiger partial charge in [-0.3, -0.25) is 9.59 Å². The highest BCUT2D eigenvalue weighted by atomic mass is 35.5. The van der Waals surface area contributed by atoms with E-state index in [-0.39, 0.29) is 30.3 Å². The van der Waals surface area contributed by atoms with Gasteiger partial charge < -0.3 is 14.5 Å². The molecule has 27 heavy (non-hydrogen) atoms. The summed E-state index contributed by atoms with van der Waals surface area (Å²) in [6.07, 6.45) is 1.71. The van der Waals surface area contributed by atoms with Crippen molar-refractivity contribution >= 4 is 29.1 Å². The molecule has 7 heteroatoms. The summed E-state index contributed by atoms with van der Waals surface area (Å²) in [5.41, 5.74) is 1.99. The van der Waals surface area contributed by atoms with Gasteiger partial charge in [0.2, 0.25) is 17.7 Å². The fourth-order valence-corrected chi connectivity index (χ4v) is 3.51. The lowest BCUT2D eigenvalue weighted by Crippen LogP contribution is -2.57. The maximum atomic E-state index is 12.7. The molecular weight excluding hydrogens is 366 g/mol. The first-order valence-electron chi connectivity index (χ1n) is 8.93. The Kier molecular flexibility index (Phi) is 4.74. The Balaban J connectivity index is 1.31. The third kappa shape index (κ3) is 3.76. The second-order valence-corrected chi connectivity index (χ2v) is 7.48. The number of hydrogen-bond acceptors (Lipinski definition) is 4. The van der Waals surface area contributed by atoms with E-state index in [4.69, 9.17) is 16.3 Å². The van der Waals surface area contributed by atoms with Crippen LogP contribution in [0.25, 0.3) is 0 Å². The molecular formula is C20H20ClN3O3. The zero-order valence-electron chi connectivity index (χ0n) is 15.0. The molecule has 1 aromatic carbocycles. The lowest BCUT2D eigenvalue weighted by atomic mass is 10.0. The van der Waals surface area contributed by atoms with Crippen molar-refractivity contribution < 1.29 is 14.3 Å². The molecule has 1 atom stereocenters. The molecule has 2 saturated heterocycles. The second kappa shape index (κ2) is 7.19. The summed E-state index contributed by atoms with van der Waals surface area (Å²) in [5, 5.41) is 0.553. The summed E-state index contributed by atoms with van der Waals surface area (Å²) in [5.74, 6) is 0.212. The van der Waals surface area contributed by atoms with Gasteiger partial charge in [-0.2, -0.15) is 0 Å². The van der Waals surface area contributed by atoms with E-state index in [1.54, 1.807) is 21.9 Å². The van der Waals surface area contributed by atoms with Crippen LogP contribution in [-0.2, 0) is 9.59 Å². The summed E-state index contributed by atoms with van der Waals surface area (Å²) in [6.45, 7) is 3.46. The van der Waals surface area contributed by atoms with Gasteiger partial charge in [0.15, 0.2) is 0 Å². The van der Waals surface area contributed by atoms with Gasteiger partial charge in [-0.1, -0.05) is 29.3 Å². The van der Waals surface area contributed by atoms with Crippen LogP contribution in [0.15, 0.2) is 42.6 Å². The minimum Gasteiger partial charge on any atom is -0.471 e. The van der Waals surface area contributed by atoms with E-state index < -0.39 is 0 Å². The number of carbonyl (C=O) groups excluding carboxylic acids is 2. The molecule has 1 unspecified atom stereocenters. The summed E-state index contributed by atoms with van der Waals surface area (Å²) in [7, 11) is 0. The minimum absolute atomic E-state index is 0.00380. The summed E-state index contributed by atoms with van der Waals surface area (Å²) in [4.78, 5) is 32.6. The van der Waals surface area contributed by atoms with Crippen LogP contribution in [0.4, 0.5) is 5.69 Å². The molecule has 140 valence electrons. The number of hydrogen-bond donors (Lipinski definition) is 0. The number of nitrogens with zero attached hydrogens (tertiary/aromatic N) is 3. The lowest BCUT2D eigenvalue weighted by molar-refractivity contribution is -0.144. The lowest BCUT2D eigenvalue weighted by Gasteiger charge is -2.39. The van der Waals surface area contributed by atoms with E-state index in [2.05, 4.69) is 4.98 Å². The van der Waals surface area contributed by atoms with Crippen molar-refractivity contribution in [1.29, 1.82) is 0 Å². The number of halogens is 1. The van der Waals surface area contributed by atoms with E-state index in [1.807, 2.05) is 31.2 Å². The van der Waals surface area contributed by atoms with Crippen molar-refractivity contribution in [3.63, 3.8) is 0 Å². The van der Waals surface area contributed by atoms with Crippen LogP contribution in [0.2, 0.25) is 5.02 Å². The Morgan fingerprint density at radius 2 is 1.89 bits per heavy atom. The average Bonchev–Trinajstić information content (AvgIpc) is 3.01. The zero-order valence-corrected chi connectivity index (χ0v) is 15.7. The van der Waals surface area contributed by atoms with Gasteiger partial charge in [-0.15, -0.1) is 0 Å². The van der Waals surface area contributed by atoms with Crippen LogP contribution in [0, 0.1) is 12.8 Å². The first-order chi connectivity index (χ1) is 13.0. The van der Waals surface area contributed by atoms with Gasteiger partial charge >= 0.3 is 0 Å². The quantitative estimate of drug-likeness (QED) is 0.811. The molecule has 2 aliphatic heterocycles. The normalized spacial score (nSPS) is 19.9. The maximum absolute atomic E-state index is 12.7. The van der Waals surface area contributed by atoms with Crippen molar-refractivity contribution in [2.45, 2.75) is 19.4 Å². The number of amides is 2. The fourth-order valence-electron chi connectivity index (χ4n) is 3.40. The number of anilines is 1. The van der Waals surface area contributed by atoms with Crippen molar-refractivity contribution in [3.8, 4) is 5.88 Å². The van der Waals surface area contributed by atoms with Gasteiger partial charge in [0.1, 0.15) is 6.10 Å². The van der Waals surface area contributed by atoms with Crippen LogP contribution in [0.3, 0.4) is 0 Å². The number of pyridine rings is 1. The molecule has 4 rings (SSSR count). The first-order valence-corrected chi connectivity index (χ1v) is 9.31. The predicted octanol–water partition coefficient (Wildman–Crippen LogP) is 2.69. The fraction of sp³-hybridized carbons (Fsp3) is 0.350. The molecule has 0 radical (unpaired) electrons. The number of aromatic nitrogens is 1. The van der Waals surface area contributed by atoms with Gasteiger partial charge in [-0.05, 0) is 25.1 Å². The Morgan fingerprint density at radius 1 is 1.15 bits per heavy atom. The first kappa shape index (κ1) is 17.8. The predicted molar refractivity (Wildman–Crippen MR) is 102 cm³/mol. The van der Waals surface area contributed by atoms with Gasteiger partial charge in [0.25, 0.3) is 0 Å². The van der Waals surface area contributed by atoms with E-state index in [0.717, 1.165) is 11.3 Å². The Bertz CT molecular complexity index is 848. The van der Waals surface area contributed by atoms with Crippen molar-refractivity contribution in [2.24, 2.45) is 5.92 Å². The molecule has 2 aromatic rings. The van der Waals surface area contributed by atoms with E-state index in [9.17, 15) is 9.59 Å². The Morgan fingerprint density at radius 3 is 2.56 bits per heavy atom. The van der Waals surface area contributed by atoms with Gasteiger partial charge in [0.05, 0.1) is 24.0 Å². The van der Waals surface area contributed by atoms with Crippen LogP contribution in [0.5, 0.6) is 5.88 Å². The molecule has 0 spiro atoms. The molecule has 2 amide bonds. The van der Waals surface area contributed by atoms with Crippen molar-refractivity contribution in [3.05, 3.63) is 53.2 Å². The number of aryl methyl sites for hydroxylation is 1. The van der Waals surface area contributed by atoms with E-state index in [0.29, 0.717) is 30.5 Å². The molecule has 2 fully saturated rings. The molecule has 1 aromatic heterocycles. The molecule has 6 nitrogen and oxygen atoms in total. The van der Waals surface area contributed by atoms with Crippen molar-refractivity contribution in [2.75, 3.05) is 24.5 Å². The Labute approximate surface area is 162 Å². The molecule has 3 heterocycles. The number of ether oxygens (including phenoxy) is 1. The topological polar surface area (TPSA) is 62.7 Å². The Hall–Kier alpha value is -2.60. The second-order valence-electron chi connectivity index (χ2n) is 7.04. The summed E-state index contributed by atoms with van der Waals surface area (Å²) >= 11 is 5.81. The summed E-state index contributed by atoms with van der Waals surface area (Å²) < 4.78 is 5.73. The van der Waals surface area contributed by atoms with Crippen molar-refractivity contribution in [1.82, 2.24) is 9.88 Å². The highest BCUT2D eigenvalue weighted by Crippen LogP contribution is 2.28. The number of rotatable bonds is 4. The smallest absolute Gasteiger partial charge is 0.228 e. The molecule has 0 N–H and O–H groups in total. The monoisotopic (exact) mass is 385 g/mol. The van der Waals surface area contributed by atoms with Crippen LogP contribution < -0.4 is 9.64 Å². The third-order valence-corrected chi connectivity index (χ3v) is 5.19. The summed E-state index contributed by atoms with van der Waals surface area (Å²) in [6, 6.07) is 11.2. The number of benzene rings is 1. The standard InChI is InChI=1S/C20H20ClN3O3/c1-13-2-5-16(6-3-13)24-10-14(8-19(24)25)20(26)23-11-17(12-23)27-18-7-4-15(21)9-22-18/h2-7,9,14,17H,8,10-12H2,1H3. The molecule has 0 aliphatic carbocycles. The SMILES string of the molecule is Cc1ccc(N2CC(C(=O)N3CC(Oc4ccc(Cl)cn4)C3)CC2=O)cc1. The van der Waals surface area contributed by atoms with E-state index in [1.165, 1.54) is 6.20 Å². The van der Waals surface area contributed by atoms with Crippen LogP contribution in [0.1, 0.15) is 12.0 Å². The third-order valence-electron chi connectivity index (χ3n) is 4.97. The maximum Gasteiger partial charge on any atom is 0.228 e. The molecule has 0 saturated carbocycles. The molecule has 0 bridgehead atoms. The number of carbonyl (C=O) groups is 2. The zero-order chi connectivity index (χ0) is 19.0.